The molecular weight excluding hydrogens is 434 g/mol. The molecule has 3 aromatic rings. The Balaban J connectivity index is 1.37. The lowest BCUT2D eigenvalue weighted by Gasteiger charge is -2.32. The second kappa shape index (κ2) is 10.3. The van der Waals surface area contributed by atoms with E-state index in [1.54, 1.807) is 6.92 Å². The molecule has 34 heavy (non-hydrogen) atoms. The maximum absolute atomic E-state index is 12.2. The third kappa shape index (κ3) is 5.48. The van der Waals surface area contributed by atoms with Gasteiger partial charge in [-0.2, -0.15) is 0 Å². The highest BCUT2D eigenvalue weighted by Gasteiger charge is 2.24. The zero-order valence-electron chi connectivity index (χ0n) is 18.9. The Labute approximate surface area is 197 Å². The van der Waals surface area contributed by atoms with Crippen LogP contribution in [0.3, 0.4) is 0 Å². The molecule has 9 heteroatoms. The molecule has 4 rings (SSSR count). The number of amides is 1. The van der Waals surface area contributed by atoms with E-state index in [1.807, 2.05) is 24.4 Å². The molecule has 176 valence electrons. The lowest BCUT2D eigenvalue weighted by Crippen LogP contribution is -2.35. The molecule has 0 bridgehead atoms. The number of pyridine rings is 1. The number of carboxylic acid groups (broad SMARTS) is 1. The molecule has 1 aliphatic heterocycles. The van der Waals surface area contributed by atoms with E-state index in [2.05, 4.69) is 49.4 Å². The molecule has 0 saturated carbocycles. The average molecular weight is 462 g/mol. The number of aliphatic carboxylic acids is 1. The van der Waals surface area contributed by atoms with Crippen LogP contribution in [0.25, 0.3) is 11.1 Å². The normalized spacial score (nSPS) is 14.1. The number of aromatic nitrogens is 3. The zero-order valence-corrected chi connectivity index (χ0v) is 18.9. The minimum atomic E-state index is -1.17. The van der Waals surface area contributed by atoms with Crippen molar-refractivity contribution in [3.05, 3.63) is 65.9 Å². The standard InChI is InChI=1S/C25H27N5O4/c1-16-24(33)23(25(34)27-15-22(31)32)29-20(28-16)13-17-9-11-30(12-10-17)21-8-7-19(14-26-21)18-5-3-2-4-6-18/h2-8,14,17,33H,9-13,15H2,1H3,(H,27,34)(H,31,32). The van der Waals surface area contributed by atoms with E-state index >= 15 is 0 Å². The first kappa shape index (κ1) is 23.2. The number of piperidine rings is 1. The summed E-state index contributed by atoms with van der Waals surface area (Å²) >= 11 is 0. The largest absolute Gasteiger partial charge is 0.504 e. The highest BCUT2D eigenvalue weighted by molar-refractivity contribution is 5.96. The highest BCUT2D eigenvalue weighted by atomic mass is 16.4. The molecule has 0 aliphatic carbocycles. The summed E-state index contributed by atoms with van der Waals surface area (Å²) in [6.45, 7) is 2.76. The summed E-state index contributed by atoms with van der Waals surface area (Å²) in [4.78, 5) is 38.4. The predicted molar refractivity (Wildman–Crippen MR) is 127 cm³/mol. The van der Waals surface area contributed by atoms with Gasteiger partial charge in [0.25, 0.3) is 5.91 Å². The van der Waals surface area contributed by atoms with Crippen molar-refractivity contribution >= 4 is 17.7 Å². The molecular formula is C25H27N5O4. The maximum atomic E-state index is 12.2. The van der Waals surface area contributed by atoms with Crippen LogP contribution in [-0.2, 0) is 11.2 Å². The van der Waals surface area contributed by atoms with E-state index in [-0.39, 0.29) is 11.4 Å². The fourth-order valence-corrected chi connectivity index (χ4v) is 4.11. The monoisotopic (exact) mass is 461 g/mol. The first-order valence-corrected chi connectivity index (χ1v) is 11.2. The fourth-order valence-electron chi connectivity index (χ4n) is 4.11. The number of aryl methyl sites for hydroxylation is 1. The minimum absolute atomic E-state index is 0.191. The minimum Gasteiger partial charge on any atom is -0.504 e. The van der Waals surface area contributed by atoms with Gasteiger partial charge >= 0.3 is 5.97 Å². The maximum Gasteiger partial charge on any atom is 0.322 e. The Hall–Kier alpha value is -4.01. The number of nitrogens with zero attached hydrogens (tertiary/aromatic N) is 4. The van der Waals surface area contributed by atoms with Crippen LogP contribution < -0.4 is 10.2 Å². The van der Waals surface area contributed by atoms with Gasteiger partial charge in [0.2, 0.25) is 0 Å². The van der Waals surface area contributed by atoms with E-state index in [4.69, 9.17) is 5.11 Å². The van der Waals surface area contributed by atoms with Crippen molar-refractivity contribution in [2.45, 2.75) is 26.2 Å². The number of nitrogens with one attached hydrogen (secondary N) is 1. The lowest BCUT2D eigenvalue weighted by atomic mass is 9.93. The number of hydrogen-bond donors (Lipinski definition) is 3. The van der Waals surface area contributed by atoms with Crippen LogP contribution in [-0.4, -0.2) is 56.7 Å². The van der Waals surface area contributed by atoms with Gasteiger partial charge in [-0.25, -0.2) is 15.0 Å². The van der Waals surface area contributed by atoms with Crippen LogP contribution in [0.5, 0.6) is 5.75 Å². The molecule has 0 spiro atoms. The van der Waals surface area contributed by atoms with Crippen LogP contribution >= 0.6 is 0 Å². The number of hydrogen-bond acceptors (Lipinski definition) is 7. The number of aromatic hydroxyl groups is 1. The molecule has 2 aromatic heterocycles. The molecule has 0 unspecified atom stereocenters. The van der Waals surface area contributed by atoms with Gasteiger partial charge in [0.05, 0.1) is 5.69 Å². The number of carbonyl (C=O) groups is 2. The molecule has 1 aromatic carbocycles. The first-order chi connectivity index (χ1) is 16.4. The van der Waals surface area contributed by atoms with E-state index < -0.39 is 18.4 Å². The van der Waals surface area contributed by atoms with Crippen LogP contribution in [0.4, 0.5) is 5.82 Å². The van der Waals surface area contributed by atoms with Crippen LogP contribution in [0.15, 0.2) is 48.7 Å². The van der Waals surface area contributed by atoms with Gasteiger partial charge in [-0.05, 0) is 43.4 Å². The summed E-state index contributed by atoms with van der Waals surface area (Å²) in [5.41, 5.74) is 2.33. The Morgan fingerprint density at radius 1 is 1.06 bits per heavy atom. The van der Waals surface area contributed by atoms with Crippen molar-refractivity contribution < 1.29 is 19.8 Å². The number of carbonyl (C=O) groups excluding carboxylic acids is 1. The number of rotatable bonds is 7. The average Bonchev–Trinajstić information content (AvgIpc) is 2.86. The quantitative estimate of drug-likeness (QED) is 0.490. The molecule has 1 saturated heterocycles. The highest BCUT2D eigenvalue weighted by Crippen LogP contribution is 2.27. The van der Waals surface area contributed by atoms with Crippen molar-refractivity contribution in [1.82, 2.24) is 20.3 Å². The van der Waals surface area contributed by atoms with Gasteiger partial charge in [0.1, 0.15) is 18.2 Å². The van der Waals surface area contributed by atoms with Gasteiger partial charge in [-0.1, -0.05) is 30.3 Å². The first-order valence-electron chi connectivity index (χ1n) is 11.2. The van der Waals surface area contributed by atoms with Crippen molar-refractivity contribution in [3.63, 3.8) is 0 Å². The SMILES string of the molecule is Cc1nc(CC2CCN(c3ccc(-c4ccccc4)cn3)CC2)nc(C(=O)NCC(=O)O)c1O. The van der Waals surface area contributed by atoms with E-state index in [0.717, 1.165) is 42.9 Å². The number of benzene rings is 1. The Kier molecular flexibility index (Phi) is 7.01. The molecule has 1 fully saturated rings. The van der Waals surface area contributed by atoms with Gasteiger partial charge < -0.3 is 20.4 Å². The fraction of sp³-hybridized carbons (Fsp3) is 0.320. The van der Waals surface area contributed by atoms with E-state index in [9.17, 15) is 14.7 Å². The molecule has 1 aliphatic rings. The second-order valence-electron chi connectivity index (χ2n) is 8.40. The third-order valence-electron chi connectivity index (χ3n) is 5.98. The van der Waals surface area contributed by atoms with Gasteiger partial charge in [-0.3, -0.25) is 9.59 Å². The molecule has 3 heterocycles. The summed E-state index contributed by atoms with van der Waals surface area (Å²) in [5.74, 6) is -0.474. The Morgan fingerprint density at radius 3 is 2.44 bits per heavy atom. The van der Waals surface area contributed by atoms with Crippen LogP contribution in [0.1, 0.15) is 34.8 Å². The molecule has 0 radical (unpaired) electrons. The Bertz CT molecular complexity index is 1160. The molecule has 1 amide bonds. The molecule has 9 nitrogen and oxygen atoms in total. The zero-order chi connectivity index (χ0) is 24.1. The van der Waals surface area contributed by atoms with Gasteiger partial charge in [-0.15, -0.1) is 0 Å². The van der Waals surface area contributed by atoms with Gasteiger partial charge in [0, 0.05) is 31.3 Å². The Morgan fingerprint density at radius 2 is 1.79 bits per heavy atom. The van der Waals surface area contributed by atoms with Gasteiger partial charge in [0.15, 0.2) is 11.4 Å². The predicted octanol–water partition coefficient (Wildman–Crippen LogP) is 2.83. The van der Waals surface area contributed by atoms with Crippen molar-refractivity contribution in [2.24, 2.45) is 5.92 Å². The van der Waals surface area contributed by atoms with E-state index in [1.165, 1.54) is 0 Å². The lowest BCUT2D eigenvalue weighted by molar-refractivity contribution is -0.135. The summed E-state index contributed by atoms with van der Waals surface area (Å²) in [7, 11) is 0. The number of carboxylic acids is 1. The number of anilines is 1. The summed E-state index contributed by atoms with van der Waals surface area (Å²) in [6, 6.07) is 14.3. The van der Waals surface area contributed by atoms with Crippen molar-refractivity contribution in [1.29, 1.82) is 0 Å². The topological polar surface area (TPSA) is 129 Å². The summed E-state index contributed by atoms with van der Waals surface area (Å²) < 4.78 is 0. The third-order valence-corrected chi connectivity index (χ3v) is 5.98. The summed E-state index contributed by atoms with van der Waals surface area (Å²) in [5, 5.41) is 21.2. The van der Waals surface area contributed by atoms with E-state index in [0.29, 0.717) is 23.9 Å². The second-order valence-corrected chi connectivity index (χ2v) is 8.40. The van der Waals surface area contributed by atoms with Crippen LogP contribution in [0, 0.1) is 12.8 Å². The van der Waals surface area contributed by atoms with Crippen molar-refractivity contribution in [3.8, 4) is 16.9 Å². The van der Waals surface area contributed by atoms with Crippen molar-refractivity contribution in [2.75, 3.05) is 24.5 Å². The smallest absolute Gasteiger partial charge is 0.322 e. The molecule has 3 N–H and O–H groups in total. The molecule has 0 atom stereocenters. The van der Waals surface area contributed by atoms with Crippen LogP contribution in [0.2, 0.25) is 0 Å². The summed E-state index contributed by atoms with van der Waals surface area (Å²) in [6.07, 6.45) is 4.33.